The highest BCUT2D eigenvalue weighted by Crippen LogP contribution is 2.38. The van der Waals surface area contributed by atoms with Crippen LogP contribution in [0.5, 0.6) is 5.75 Å². The van der Waals surface area contributed by atoms with Gasteiger partial charge in [-0.1, -0.05) is 60.7 Å². The quantitative estimate of drug-likeness (QED) is 0.183. The maximum absolute atomic E-state index is 14.0. The number of carbonyl (C=O) groups is 1. The summed E-state index contributed by atoms with van der Waals surface area (Å²) in [6.07, 6.45) is -3.48. The number of halogens is 4. The van der Waals surface area contributed by atoms with Gasteiger partial charge in [-0.15, -0.1) is 12.4 Å². The standard InChI is InChI=1S/C34H34F3N3O4S.ClH/c1-39(2)19-8-20-44-32-14-6-4-10-27(32)23-38-33(41)31-22-26-9-3-5-13-30(26)40(31)45(42,43)29-17-15-24(16-18-29)25-11-7-12-28(21-25)34(35,36)37;/h3-7,9-18,21,31H,8,19-20,22-23H2,1-2H3,(H,38,41);1H/t31-;/m0./s1. The van der Waals surface area contributed by atoms with E-state index in [1.165, 1.54) is 36.4 Å². The molecule has 46 heavy (non-hydrogen) atoms. The summed E-state index contributed by atoms with van der Waals surface area (Å²) in [7, 11) is -0.246. The largest absolute Gasteiger partial charge is 0.493 e. The molecular weight excluding hydrogens is 639 g/mol. The average molecular weight is 674 g/mol. The number of anilines is 1. The molecule has 4 aromatic rings. The van der Waals surface area contributed by atoms with E-state index in [2.05, 4.69) is 10.2 Å². The lowest BCUT2D eigenvalue weighted by molar-refractivity contribution is -0.137. The van der Waals surface area contributed by atoms with Crippen LogP contribution in [0.4, 0.5) is 18.9 Å². The number of amides is 1. The van der Waals surface area contributed by atoms with Crippen molar-refractivity contribution >= 4 is 34.0 Å². The van der Waals surface area contributed by atoms with Crippen LogP contribution in [0, 0.1) is 0 Å². The van der Waals surface area contributed by atoms with Crippen LogP contribution < -0.4 is 14.4 Å². The van der Waals surface area contributed by atoms with Crippen molar-refractivity contribution in [1.29, 1.82) is 0 Å². The summed E-state index contributed by atoms with van der Waals surface area (Å²) in [5, 5.41) is 2.90. The lowest BCUT2D eigenvalue weighted by Gasteiger charge is -2.26. The second kappa shape index (κ2) is 14.6. The molecule has 0 aromatic heterocycles. The fourth-order valence-electron chi connectivity index (χ4n) is 5.32. The highest BCUT2D eigenvalue weighted by Gasteiger charge is 2.42. The van der Waals surface area contributed by atoms with Crippen molar-refractivity contribution in [3.05, 3.63) is 114 Å². The van der Waals surface area contributed by atoms with Gasteiger partial charge in [-0.3, -0.25) is 9.10 Å². The molecular formula is C34H35ClF3N3O4S. The first-order valence-corrected chi connectivity index (χ1v) is 15.9. The minimum atomic E-state index is -4.50. The van der Waals surface area contributed by atoms with Gasteiger partial charge in [0.05, 0.1) is 22.8 Å². The topological polar surface area (TPSA) is 79.0 Å². The molecule has 1 aliphatic heterocycles. The molecule has 0 fully saturated rings. The number of fused-ring (bicyclic) bond motifs is 1. The minimum Gasteiger partial charge on any atom is -0.493 e. The number of hydrogen-bond acceptors (Lipinski definition) is 5. The zero-order chi connectivity index (χ0) is 32.2. The molecule has 0 saturated carbocycles. The van der Waals surface area contributed by atoms with Gasteiger partial charge in [0, 0.05) is 25.1 Å². The SMILES string of the molecule is CN(C)CCCOc1ccccc1CNC(=O)[C@@H]1Cc2ccccc2N1S(=O)(=O)c1ccc(-c2cccc(C(F)(F)F)c2)cc1.Cl. The molecule has 4 aromatic carbocycles. The van der Waals surface area contributed by atoms with Gasteiger partial charge < -0.3 is 15.0 Å². The molecule has 1 N–H and O–H groups in total. The van der Waals surface area contributed by atoms with Gasteiger partial charge in [-0.25, -0.2) is 8.42 Å². The predicted octanol–water partition coefficient (Wildman–Crippen LogP) is 6.56. The first-order chi connectivity index (χ1) is 21.4. The van der Waals surface area contributed by atoms with E-state index in [0.29, 0.717) is 34.7 Å². The summed E-state index contributed by atoms with van der Waals surface area (Å²) in [5.41, 5.74) is 1.83. The lowest BCUT2D eigenvalue weighted by atomic mass is 10.0. The van der Waals surface area contributed by atoms with E-state index in [1.54, 1.807) is 24.3 Å². The molecule has 1 aliphatic rings. The van der Waals surface area contributed by atoms with E-state index in [0.717, 1.165) is 35.0 Å². The van der Waals surface area contributed by atoms with Gasteiger partial charge in [0.1, 0.15) is 11.8 Å². The van der Waals surface area contributed by atoms with E-state index >= 15 is 0 Å². The van der Waals surface area contributed by atoms with Crippen molar-refractivity contribution in [3.8, 4) is 16.9 Å². The molecule has 1 atom stereocenters. The average Bonchev–Trinajstić information content (AvgIpc) is 3.43. The number of alkyl halides is 3. The van der Waals surface area contributed by atoms with E-state index in [9.17, 15) is 26.4 Å². The maximum atomic E-state index is 14.0. The van der Waals surface area contributed by atoms with E-state index < -0.39 is 33.7 Å². The van der Waals surface area contributed by atoms with E-state index in [1.807, 2.05) is 38.4 Å². The number of sulfonamides is 1. The molecule has 7 nitrogen and oxygen atoms in total. The number of benzene rings is 4. The highest BCUT2D eigenvalue weighted by molar-refractivity contribution is 7.93. The number of rotatable bonds is 11. The summed E-state index contributed by atoms with van der Waals surface area (Å²) in [4.78, 5) is 15.6. The van der Waals surface area contributed by atoms with Gasteiger partial charge in [0.2, 0.25) is 5.91 Å². The molecule has 0 bridgehead atoms. The van der Waals surface area contributed by atoms with E-state index in [-0.39, 0.29) is 30.3 Å². The zero-order valence-corrected chi connectivity index (χ0v) is 27.0. The molecule has 1 heterocycles. The molecule has 5 rings (SSSR count). The van der Waals surface area contributed by atoms with Gasteiger partial charge in [0.15, 0.2) is 0 Å². The first kappa shape index (κ1) is 34.8. The number of carbonyl (C=O) groups excluding carboxylic acids is 1. The number of hydrogen-bond donors (Lipinski definition) is 1. The second-order valence-corrected chi connectivity index (χ2v) is 12.9. The van der Waals surface area contributed by atoms with Crippen molar-refractivity contribution in [1.82, 2.24) is 10.2 Å². The Morgan fingerprint density at radius 2 is 1.63 bits per heavy atom. The Bertz CT molecular complexity index is 1770. The van der Waals surface area contributed by atoms with Crippen molar-refractivity contribution in [2.24, 2.45) is 0 Å². The molecule has 0 radical (unpaired) electrons. The van der Waals surface area contributed by atoms with Crippen molar-refractivity contribution < 1.29 is 31.1 Å². The predicted molar refractivity (Wildman–Crippen MR) is 175 cm³/mol. The molecule has 1 amide bonds. The number of para-hydroxylation sites is 2. The van der Waals surface area contributed by atoms with Crippen molar-refractivity contribution in [2.75, 3.05) is 31.6 Å². The summed E-state index contributed by atoms with van der Waals surface area (Å²) >= 11 is 0. The third-order valence-corrected chi connectivity index (χ3v) is 9.43. The fourth-order valence-corrected chi connectivity index (χ4v) is 6.96. The van der Waals surface area contributed by atoms with Crippen LogP contribution in [0.15, 0.2) is 102 Å². The Morgan fingerprint density at radius 3 is 2.35 bits per heavy atom. The maximum Gasteiger partial charge on any atom is 0.416 e. The molecule has 12 heteroatoms. The lowest BCUT2D eigenvalue weighted by Crippen LogP contribution is -2.47. The van der Waals surface area contributed by atoms with Crippen LogP contribution in [0.3, 0.4) is 0 Å². The van der Waals surface area contributed by atoms with E-state index in [4.69, 9.17) is 4.74 Å². The van der Waals surface area contributed by atoms with Crippen LogP contribution in [0.25, 0.3) is 11.1 Å². The fraction of sp³-hybridized carbons (Fsp3) is 0.265. The Balaban J connectivity index is 0.00000480. The Kier molecular flexibility index (Phi) is 11.0. The van der Waals surface area contributed by atoms with Gasteiger partial charge in [0.25, 0.3) is 10.0 Å². The minimum absolute atomic E-state index is 0. The Hall–Kier alpha value is -4.06. The van der Waals surface area contributed by atoms with Crippen molar-refractivity contribution in [3.63, 3.8) is 0 Å². The van der Waals surface area contributed by atoms with Crippen LogP contribution in [0.1, 0.15) is 23.1 Å². The highest BCUT2D eigenvalue weighted by atomic mass is 35.5. The molecule has 0 aliphatic carbocycles. The molecule has 0 unspecified atom stereocenters. The summed E-state index contributed by atoms with van der Waals surface area (Å²) in [5.74, 6) is 0.189. The van der Waals surface area contributed by atoms with Crippen LogP contribution in [0.2, 0.25) is 0 Å². The number of nitrogens with one attached hydrogen (secondary N) is 1. The first-order valence-electron chi connectivity index (χ1n) is 14.5. The van der Waals surface area contributed by atoms with Crippen LogP contribution in [-0.4, -0.2) is 52.5 Å². The summed E-state index contributed by atoms with van der Waals surface area (Å²) < 4.78 is 74.9. The molecule has 244 valence electrons. The summed E-state index contributed by atoms with van der Waals surface area (Å²) in [6.45, 7) is 1.54. The molecule has 0 spiro atoms. The Labute approximate surface area is 273 Å². The summed E-state index contributed by atoms with van der Waals surface area (Å²) in [6, 6.07) is 23.8. The monoisotopic (exact) mass is 673 g/mol. The van der Waals surface area contributed by atoms with Crippen LogP contribution in [-0.2, 0) is 34.0 Å². The number of nitrogens with zero attached hydrogens (tertiary/aromatic N) is 2. The van der Waals surface area contributed by atoms with Crippen LogP contribution >= 0.6 is 12.4 Å². The second-order valence-electron chi connectivity index (χ2n) is 11.1. The van der Waals surface area contributed by atoms with Gasteiger partial charge in [-0.2, -0.15) is 13.2 Å². The smallest absolute Gasteiger partial charge is 0.416 e. The Morgan fingerprint density at radius 1 is 0.935 bits per heavy atom. The zero-order valence-electron chi connectivity index (χ0n) is 25.3. The van der Waals surface area contributed by atoms with Gasteiger partial charge in [-0.05, 0) is 73.6 Å². The normalized spacial score (nSPS) is 14.5. The van der Waals surface area contributed by atoms with Gasteiger partial charge >= 0.3 is 6.18 Å². The number of ether oxygens (including phenoxy) is 1. The third kappa shape index (κ3) is 7.83. The molecule has 0 saturated heterocycles. The van der Waals surface area contributed by atoms with Crippen molar-refractivity contribution in [2.45, 2.75) is 36.5 Å². The third-order valence-electron chi connectivity index (χ3n) is 7.60.